The van der Waals surface area contributed by atoms with E-state index in [1.807, 2.05) is 32.6 Å². The number of rotatable bonds is 2. The summed E-state index contributed by atoms with van der Waals surface area (Å²) < 4.78 is 0. The molecule has 0 aliphatic carbocycles. The molecule has 1 heterocycles. The van der Waals surface area contributed by atoms with E-state index in [9.17, 15) is 4.79 Å². The third-order valence-electron chi connectivity index (χ3n) is 3.70. The van der Waals surface area contributed by atoms with Crippen LogP contribution in [-0.2, 0) is 10.2 Å². The average Bonchev–Trinajstić information content (AvgIpc) is 2.94. The molecule has 1 fully saturated rings. The van der Waals surface area contributed by atoms with Gasteiger partial charge in [0.1, 0.15) is 0 Å². The van der Waals surface area contributed by atoms with E-state index in [0.29, 0.717) is 0 Å². The maximum absolute atomic E-state index is 12.5. The second-order valence-corrected chi connectivity index (χ2v) is 5.49. The number of benzene rings is 1. The Bertz CT molecular complexity index is 400. The molecule has 106 valence electrons. The van der Waals surface area contributed by atoms with Gasteiger partial charge in [0.05, 0.1) is 5.41 Å². The fourth-order valence-electron chi connectivity index (χ4n) is 2.41. The zero-order valence-electron chi connectivity index (χ0n) is 13.0. The summed E-state index contributed by atoms with van der Waals surface area (Å²) in [6, 6.07) is 8.30. The van der Waals surface area contributed by atoms with Crippen molar-refractivity contribution in [3.05, 3.63) is 35.4 Å². The lowest BCUT2D eigenvalue weighted by Gasteiger charge is -2.29. The predicted octanol–water partition coefficient (Wildman–Crippen LogP) is 3.92. The molecule has 0 spiro atoms. The van der Waals surface area contributed by atoms with E-state index >= 15 is 0 Å². The maximum atomic E-state index is 12.5. The van der Waals surface area contributed by atoms with Gasteiger partial charge in [-0.2, -0.15) is 0 Å². The highest BCUT2D eigenvalue weighted by Gasteiger charge is 2.34. The predicted molar refractivity (Wildman–Crippen MR) is 81.4 cm³/mol. The van der Waals surface area contributed by atoms with Gasteiger partial charge in [0, 0.05) is 13.1 Å². The fraction of sp³-hybridized carbons (Fsp3) is 0.588. The number of hydrogen-bond donors (Lipinski definition) is 0. The molecular weight excluding hydrogens is 234 g/mol. The summed E-state index contributed by atoms with van der Waals surface area (Å²) >= 11 is 0. The van der Waals surface area contributed by atoms with Crippen molar-refractivity contribution in [1.29, 1.82) is 0 Å². The van der Waals surface area contributed by atoms with E-state index < -0.39 is 5.41 Å². The minimum atomic E-state index is -0.405. The average molecular weight is 261 g/mol. The zero-order chi connectivity index (χ0) is 14.5. The molecule has 0 bridgehead atoms. The van der Waals surface area contributed by atoms with Crippen molar-refractivity contribution in [2.45, 2.75) is 52.9 Å². The van der Waals surface area contributed by atoms with Crippen LogP contribution in [0.1, 0.15) is 51.7 Å². The summed E-state index contributed by atoms with van der Waals surface area (Å²) in [6.07, 6.45) is 2.30. The van der Waals surface area contributed by atoms with E-state index in [4.69, 9.17) is 0 Å². The summed E-state index contributed by atoms with van der Waals surface area (Å²) in [6.45, 7) is 12.0. The Morgan fingerprint density at radius 2 is 1.53 bits per heavy atom. The summed E-state index contributed by atoms with van der Waals surface area (Å²) in [7, 11) is 0. The molecule has 2 rings (SSSR count). The lowest BCUT2D eigenvalue weighted by molar-refractivity contribution is -0.135. The molecular formula is C17H27NO. The van der Waals surface area contributed by atoms with Gasteiger partial charge in [0.15, 0.2) is 0 Å². The zero-order valence-corrected chi connectivity index (χ0v) is 13.0. The molecule has 1 saturated heterocycles. The van der Waals surface area contributed by atoms with Crippen LogP contribution in [-0.4, -0.2) is 23.9 Å². The summed E-state index contributed by atoms with van der Waals surface area (Å²) in [5.41, 5.74) is 1.94. The second-order valence-electron chi connectivity index (χ2n) is 5.49. The molecule has 0 N–H and O–H groups in total. The normalized spacial score (nSPS) is 14.9. The van der Waals surface area contributed by atoms with Crippen LogP contribution >= 0.6 is 0 Å². The second kappa shape index (κ2) is 6.74. The quantitative estimate of drug-likeness (QED) is 0.790. The number of hydrogen-bond acceptors (Lipinski definition) is 1. The molecule has 0 atom stereocenters. The monoisotopic (exact) mass is 261 g/mol. The first kappa shape index (κ1) is 15.7. The molecule has 1 aromatic rings. The summed E-state index contributed by atoms with van der Waals surface area (Å²) in [5, 5.41) is 0. The number of carbonyl (C=O) groups excluding carboxylic acids is 1. The van der Waals surface area contributed by atoms with Gasteiger partial charge in [-0.15, -0.1) is 0 Å². The fourth-order valence-corrected chi connectivity index (χ4v) is 2.41. The highest BCUT2D eigenvalue weighted by Crippen LogP contribution is 2.27. The smallest absolute Gasteiger partial charge is 0.232 e. The topological polar surface area (TPSA) is 20.3 Å². The van der Waals surface area contributed by atoms with Gasteiger partial charge in [-0.1, -0.05) is 43.7 Å². The van der Waals surface area contributed by atoms with Crippen molar-refractivity contribution >= 4 is 5.91 Å². The van der Waals surface area contributed by atoms with Gasteiger partial charge in [-0.3, -0.25) is 4.79 Å². The molecule has 1 aromatic carbocycles. The minimum absolute atomic E-state index is 0.263. The Balaban J connectivity index is 0.000000861. The van der Waals surface area contributed by atoms with Gasteiger partial charge in [-0.25, -0.2) is 0 Å². The molecule has 2 nitrogen and oxygen atoms in total. The molecule has 0 aromatic heterocycles. The molecule has 0 radical (unpaired) electrons. The van der Waals surface area contributed by atoms with Gasteiger partial charge in [0.25, 0.3) is 0 Å². The molecule has 0 saturated carbocycles. The van der Waals surface area contributed by atoms with Crippen molar-refractivity contribution in [2.24, 2.45) is 0 Å². The van der Waals surface area contributed by atoms with Crippen LogP contribution in [0.5, 0.6) is 0 Å². The van der Waals surface area contributed by atoms with Crippen LogP contribution in [0.4, 0.5) is 0 Å². The van der Waals surface area contributed by atoms with Gasteiger partial charge in [0.2, 0.25) is 5.91 Å². The summed E-state index contributed by atoms with van der Waals surface area (Å²) in [4.78, 5) is 14.5. The first-order valence-corrected chi connectivity index (χ1v) is 7.38. The van der Waals surface area contributed by atoms with Crippen LogP contribution in [0.15, 0.2) is 24.3 Å². The standard InChI is InChI=1S/C15H21NO.C2H6/c1-12-6-8-13(9-7-12)15(2,3)14(17)16-10-4-5-11-16;1-2/h6-9H,4-5,10-11H2,1-3H3;1-2H3. The van der Waals surface area contributed by atoms with Crippen molar-refractivity contribution in [2.75, 3.05) is 13.1 Å². The van der Waals surface area contributed by atoms with E-state index in [1.54, 1.807) is 0 Å². The first-order chi connectivity index (χ1) is 9.01. The van der Waals surface area contributed by atoms with Crippen LogP contribution in [0.2, 0.25) is 0 Å². The van der Waals surface area contributed by atoms with Crippen LogP contribution in [0.25, 0.3) is 0 Å². The highest BCUT2D eigenvalue weighted by atomic mass is 16.2. The van der Waals surface area contributed by atoms with Crippen molar-refractivity contribution in [1.82, 2.24) is 4.90 Å². The lowest BCUT2D eigenvalue weighted by atomic mass is 9.83. The van der Waals surface area contributed by atoms with Crippen LogP contribution < -0.4 is 0 Å². The van der Waals surface area contributed by atoms with E-state index in [-0.39, 0.29) is 5.91 Å². The Morgan fingerprint density at radius 3 is 2.00 bits per heavy atom. The third kappa shape index (κ3) is 3.59. The van der Waals surface area contributed by atoms with E-state index in [0.717, 1.165) is 31.5 Å². The van der Waals surface area contributed by atoms with E-state index in [2.05, 4.69) is 31.2 Å². The lowest BCUT2D eigenvalue weighted by Crippen LogP contribution is -2.41. The number of nitrogens with zero attached hydrogens (tertiary/aromatic N) is 1. The van der Waals surface area contributed by atoms with Gasteiger partial charge in [-0.05, 0) is 39.2 Å². The molecule has 2 heteroatoms. The third-order valence-corrected chi connectivity index (χ3v) is 3.70. The Morgan fingerprint density at radius 1 is 1.05 bits per heavy atom. The molecule has 1 aliphatic rings. The van der Waals surface area contributed by atoms with E-state index in [1.165, 1.54) is 5.56 Å². The molecule has 0 unspecified atom stereocenters. The molecule has 19 heavy (non-hydrogen) atoms. The minimum Gasteiger partial charge on any atom is -0.342 e. The number of carbonyl (C=O) groups is 1. The van der Waals surface area contributed by atoms with Gasteiger partial charge >= 0.3 is 0 Å². The Kier molecular flexibility index (Phi) is 5.59. The Hall–Kier alpha value is -1.31. The van der Waals surface area contributed by atoms with Crippen molar-refractivity contribution in [3.8, 4) is 0 Å². The SMILES string of the molecule is CC.Cc1ccc(C(C)(C)C(=O)N2CCCC2)cc1. The maximum Gasteiger partial charge on any atom is 0.232 e. The van der Waals surface area contributed by atoms with Crippen LogP contribution in [0.3, 0.4) is 0 Å². The first-order valence-electron chi connectivity index (χ1n) is 7.38. The summed E-state index contributed by atoms with van der Waals surface area (Å²) in [5.74, 6) is 0.263. The number of likely N-dealkylation sites (tertiary alicyclic amines) is 1. The van der Waals surface area contributed by atoms with Crippen LogP contribution in [0, 0.1) is 6.92 Å². The highest BCUT2D eigenvalue weighted by molar-refractivity contribution is 5.87. The Labute approximate surface area is 117 Å². The molecule has 1 amide bonds. The van der Waals surface area contributed by atoms with Crippen molar-refractivity contribution < 1.29 is 4.79 Å². The largest absolute Gasteiger partial charge is 0.342 e. The molecule has 1 aliphatic heterocycles. The van der Waals surface area contributed by atoms with Gasteiger partial charge < -0.3 is 4.90 Å². The number of amides is 1. The number of aryl methyl sites for hydroxylation is 1. The van der Waals surface area contributed by atoms with Crippen molar-refractivity contribution in [3.63, 3.8) is 0 Å².